The van der Waals surface area contributed by atoms with Crippen LogP contribution in [-0.2, 0) is 4.79 Å². The van der Waals surface area contributed by atoms with Crippen LogP contribution < -0.4 is 14.2 Å². The molecule has 2 aliphatic heterocycles. The van der Waals surface area contributed by atoms with E-state index < -0.39 is 5.91 Å². The van der Waals surface area contributed by atoms with Crippen molar-refractivity contribution in [2.75, 3.05) is 20.3 Å². The molecule has 0 radical (unpaired) electrons. The van der Waals surface area contributed by atoms with E-state index in [1.54, 1.807) is 31.4 Å². The van der Waals surface area contributed by atoms with Crippen molar-refractivity contribution in [2.24, 2.45) is 16.0 Å². The Hall–Kier alpha value is -3.59. The van der Waals surface area contributed by atoms with Gasteiger partial charge in [0.2, 0.25) is 5.17 Å². The van der Waals surface area contributed by atoms with Crippen LogP contribution in [0.3, 0.4) is 0 Å². The lowest BCUT2D eigenvalue weighted by atomic mass is 10.1. The van der Waals surface area contributed by atoms with Gasteiger partial charge in [0.05, 0.1) is 12.7 Å². The van der Waals surface area contributed by atoms with Crippen molar-refractivity contribution >= 4 is 39.8 Å². The number of amides is 1. The summed E-state index contributed by atoms with van der Waals surface area (Å²) in [7, 11) is 1.55. The highest BCUT2D eigenvalue weighted by molar-refractivity contribution is 8.27. The first-order valence-electron chi connectivity index (χ1n) is 10.4. The summed E-state index contributed by atoms with van der Waals surface area (Å²) in [6.45, 7) is 4.75. The number of thioether (sulfide) groups is 1. The lowest BCUT2D eigenvalue weighted by Crippen LogP contribution is -2.35. The van der Waals surface area contributed by atoms with Gasteiger partial charge in [-0.2, -0.15) is 15.1 Å². The van der Waals surface area contributed by atoms with Gasteiger partial charge in [-0.3, -0.25) is 10.2 Å². The highest BCUT2D eigenvalue weighted by atomic mass is 32.2. The number of hydrogen-bond acceptors (Lipinski definition) is 7. The summed E-state index contributed by atoms with van der Waals surface area (Å²) in [5.74, 6) is 1.58. The van der Waals surface area contributed by atoms with E-state index in [-0.39, 0.29) is 17.3 Å². The molecule has 0 saturated carbocycles. The van der Waals surface area contributed by atoms with Crippen LogP contribution in [0.2, 0.25) is 0 Å². The van der Waals surface area contributed by atoms with Crippen LogP contribution in [0.5, 0.6) is 17.2 Å². The summed E-state index contributed by atoms with van der Waals surface area (Å²) in [6.07, 6.45) is 1.61. The molecular weight excluding hydrogens is 440 g/mol. The van der Waals surface area contributed by atoms with Crippen LogP contribution in [0.15, 0.2) is 64.2 Å². The first-order chi connectivity index (χ1) is 16.0. The molecule has 0 unspecified atom stereocenters. The van der Waals surface area contributed by atoms with Gasteiger partial charge in [0.1, 0.15) is 24.0 Å². The molecule has 170 valence electrons. The van der Waals surface area contributed by atoms with E-state index in [2.05, 4.69) is 10.1 Å². The predicted molar refractivity (Wildman–Crippen MR) is 130 cm³/mol. The number of nitrogens with zero attached hydrogens (tertiary/aromatic N) is 3. The van der Waals surface area contributed by atoms with Gasteiger partial charge in [0.15, 0.2) is 17.3 Å². The third-order valence-electron chi connectivity index (χ3n) is 4.82. The monoisotopic (exact) mass is 464 g/mol. The van der Waals surface area contributed by atoms with E-state index in [0.717, 1.165) is 10.8 Å². The van der Waals surface area contributed by atoms with Crippen LogP contribution >= 0.6 is 11.8 Å². The van der Waals surface area contributed by atoms with Crippen LogP contribution in [-0.4, -0.2) is 47.3 Å². The molecule has 0 aromatic heterocycles. The Morgan fingerprint density at radius 2 is 1.85 bits per heavy atom. The van der Waals surface area contributed by atoms with Gasteiger partial charge in [-0.25, -0.2) is 0 Å². The average molecular weight is 465 g/mol. The Morgan fingerprint density at radius 1 is 1.09 bits per heavy atom. The number of aliphatic imine (C=N–C) groups is 1. The van der Waals surface area contributed by atoms with E-state index in [1.165, 1.54) is 16.8 Å². The Balaban J connectivity index is 1.46. The molecule has 33 heavy (non-hydrogen) atoms. The zero-order valence-electron chi connectivity index (χ0n) is 18.6. The third kappa shape index (κ3) is 5.09. The van der Waals surface area contributed by atoms with Crippen LogP contribution in [0.25, 0.3) is 6.08 Å². The molecule has 0 bridgehead atoms. The summed E-state index contributed by atoms with van der Waals surface area (Å²) < 4.78 is 16.9. The maximum atomic E-state index is 12.6. The van der Waals surface area contributed by atoms with E-state index in [4.69, 9.17) is 19.6 Å². The van der Waals surface area contributed by atoms with Crippen LogP contribution in [0.1, 0.15) is 19.4 Å². The van der Waals surface area contributed by atoms with E-state index in [9.17, 15) is 4.79 Å². The van der Waals surface area contributed by atoms with Gasteiger partial charge in [-0.05, 0) is 47.7 Å². The molecule has 2 aromatic rings. The number of ether oxygens (including phenoxy) is 3. The zero-order chi connectivity index (χ0) is 23.4. The van der Waals surface area contributed by atoms with E-state index in [1.807, 2.05) is 44.2 Å². The molecule has 0 fully saturated rings. The fraction of sp³-hybridized carbons (Fsp3) is 0.250. The van der Waals surface area contributed by atoms with Crippen molar-refractivity contribution in [2.45, 2.75) is 13.8 Å². The number of amidine groups is 2. The number of fused-ring (bicyclic) bond motifs is 1. The molecular formula is C24H24N4O4S. The molecule has 2 aromatic carbocycles. The smallest absolute Gasteiger partial charge is 0.283 e. The quantitative estimate of drug-likeness (QED) is 0.459. The van der Waals surface area contributed by atoms with Gasteiger partial charge in [0, 0.05) is 5.92 Å². The second kappa shape index (κ2) is 9.91. The number of methoxy groups -OCH3 is 1. The lowest BCUT2D eigenvalue weighted by molar-refractivity contribution is -0.114. The fourth-order valence-electron chi connectivity index (χ4n) is 3.13. The molecule has 8 nitrogen and oxygen atoms in total. The minimum absolute atomic E-state index is 0.00510. The molecule has 0 aliphatic carbocycles. The molecule has 1 amide bonds. The Kier molecular flexibility index (Phi) is 6.79. The number of carbonyl (C=O) groups is 1. The summed E-state index contributed by atoms with van der Waals surface area (Å²) in [5.41, 5.74) is 0.853. The number of rotatable bonds is 8. The van der Waals surface area contributed by atoms with E-state index in [0.29, 0.717) is 35.4 Å². The number of nitrogens with one attached hydrogen (secondary N) is 1. The maximum Gasteiger partial charge on any atom is 0.283 e. The van der Waals surface area contributed by atoms with Gasteiger partial charge < -0.3 is 14.2 Å². The van der Waals surface area contributed by atoms with Crippen molar-refractivity contribution in [1.82, 2.24) is 5.01 Å². The molecule has 0 atom stereocenters. The van der Waals surface area contributed by atoms with Crippen molar-refractivity contribution in [3.8, 4) is 17.2 Å². The zero-order valence-corrected chi connectivity index (χ0v) is 19.4. The molecule has 2 aliphatic rings. The third-order valence-corrected chi connectivity index (χ3v) is 6.02. The number of para-hydroxylation sites is 1. The first kappa shape index (κ1) is 22.6. The number of carbonyl (C=O) groups excluding carboxylic acids is 1. The first-order valence-corrected chi connectivity index (χ1v) is 11.3. The van der Waals surface area contributed by atoms with Crippen molar-refractivity contribution in [3.63, 3.8) is 0 Å². The highest BCUT2D eigenvalue weighted by Crippen LogP contribution is 2.32. The summed E-state index contributed by atoms with van der Waals surface area (Å²) in [4.78, 5) is 16.7. The van der Waals surface area contributed by atoms with Crippen molar-refractivity contribution in [1.29, 1.82) is 5.41 Å². The van der Waals surface area contributed by atoms with Crippen molar-refractivity contribution in [3.05, 3.63) is 59.7 Å². The van der Waals surface area contributed by atoms with Gasteiger partial charge in [0.25, 0.3) is 5.91 Å². The fourth-order valence-corrected chi connectivity index (χ4v) is 4.02. The standard InChI is InChI=1S/C24H24N4O4S/c1-15(2)23-27-28-21(25)18(22(29)26-24(28)33-23)13-16-9-10-19(20(14-16)30-3)32-12-11-31-17-7-5-4-6-8-17/h4-10,13-15,25H,11-12H2,1-3H3/b18-13-,25-21?. The van der Waals surface area contributed by atoms with Crippen molar-refractivity contribution < 1.29 is 19.0 Å². The van der Waals surface area contributed by atoms with Gasteiger partial charge >= 0.3 is 0 Å². The molecule has 4 rings (SSSR count). The Morgan fingerprint density at radius 3 is 2.58 bits per heavy atom. The molecule has 2 heterocycles. The van der Waals surface area contributed by atoms with Gasteiger partial charge in [-0.1, -0.05) is 38.1 Å². The number of hydrazone groups is 1. The number of benzene rings is 2. The normalized spacial score (nSPS) is 16.6. The predicted octanol–water partition coefficient (Wildman–Crippen LogP) is 4.43. The minimum Gasteiger partial charge on any atom is -0.493 e. The molecule has 9 heteroatoms. The van der Waals surface area contributed by atoms with Gasteiger partial charge in [-0.15, -0.1) is 0 Å². The van der Waals surface area contributed by atoms with E-state index >= 15 is 0 Å². The SMILES string of the molecule is COc1cc(/C=C2/C(=N)N3N=C(C(C)C)SC3=NC2=O)ccc1OCCOc1ccccc1. The topological polar surface area (TPSA) is 96.6 Å². The molecule has 1 N–H and O–H groups in total. The largest absolute Gasteiger partial charge is 0.493 e. The Labute approximate surface area is 196 Å². The van der Waals surface area contributed by atoms with Crippen LogP contribution in [0.4, 0.5) is 0 Å². The molecule has 0 spiro atoms. The molecule has 0 saturated heterocycles. The average Bonchev–Trinajstić information content (AvgIpc) is 3.25. The Bertz CT molecular complexity index is 1160. The lowest BCUT2D eigenvalue weighted by Gasteiger charge is -2.20. The highest BCUT2D eigenvalue weighted by Gasteiger charge is 2.36. The summed E-state index contributed by atoms with van der Waals surface area (Å²) >= 11 is 1.32. The number of hydrogen-bond donors (Lipinski definition) is 1. The minimum atomic E-state index is -0.462. The second-order valence-corrected chi connectivity index (χ2v) is 8.52. The van der Waals surface area contributed by atoms with Crippen LogP contribution in [0, 0.1) is 11.3 Å². The summed E-state index contributed by atoms with van der Waals surface area (Å²) in [6, 6.07) is 14.8. The maximum absolute atomic E-state index is 12.6. The summed E-state index contributed by atoms with van der Waals surface area (Å²) in [5, 5.41) is 15.6. The second-order valence-electron chi connectivity index (χ2n) is 7.53.